The molecule has 4 aromatic carbocycles. The quantitative estimate of drug-likeness (QED) is 0.124. The van der Waals surface area contributed by atoms with Gasteiger partial charge in [0.1, 0.15) is 11.4 Å². The van der Waals surface area contributed by atoms with E-state index in [1.807, 2.05) is 79.7 Å². The van der Waals surface area contributed by atoms with E-state index in [9.17, 15) is 19.2 Å². The molecule has 0 aliphatic heterocycles. The van der Waals surface area contributed by atoms with Crippen LogP contribution in [-0.4, -0.2) is 46.9 Å². The molecule has 1 heterocycles. The van der Waals surface area contributed by atoms with Crippen molar-refractivity contribution in [1.29, 1.82) is 0 Å². The zero-order valence-corrected chi connectivity index (χ0v) is 27.9. The number of benzene rings is 4. The molecule has 0 atom stereocenters. The summed E-state index contributed by atoms with van der Waals surface area (Å²) in [5.74, 6) is -1.13. The molecule has 0 saturated carbocycles. The molecule has 5 aromatic rings. The van der Waals surface area contributed by atoms with E-state index in [-0.39, 0.29) is 28.6 Å². The largest absolute Gasteiger partial charge is 0.378 e. The monoisotopic (exact) mass is 660 g/mol. The molecule has 0 spiro atoms. The highest BCUT2D eigenvalue weighted by Crippen LogP contribution is 2.22. The van der Waals surface area contributed by atoms with E-state index in [2.05, 4.69) is 16.0 Å². The molecule has 1 aromatic heterocycles. The molecule has 48 heavy (non-hydrogen) atoms. The lowest BCUT2D eigenvalue weighted by Crippen LogP contribution is -2.30. The summed E-state index contributed by atoms with van der Waals surface area (Å²) in [5.41, 5.74) is 4.04. The second-order valence-electron chi connectivity index (χ2n) is 11.1. The maximum absolute atomic E-state index is 13.4. The van der Waals surface area contributed by atoms with E-state index in [0.29, 0.717) is 22.6 Å². The fourth-order valence-electron chi connectivity index (χ4n) is 4.85. The van der Waals surface area contributed by atoms with Crippen molar-refractivity contribution >= 4 is 52.6 Å². The highest BCUT2D eigenvalue weighted by molar-refractivity contribution is 8.00. The van der Waals surface area contributed by atoms with Gasteiger partial charge in [0.15, 0.2) is 0 Å². The number of anilines is 3. The maximum atomic E-state index is 13.4. The van der Waals surface area contributed by atoms with Gasteiger partial charge in [-0.05, 0) is 79.2 Å². The molecule has 0 bridgehead atoms. The Balaban J connectivity index is 1.23. The first-order valence-corrected chi connectivity index (χ1v) is 16.1. The molecular weight excluding hydrogens is 625 g/mol. The van der Waals surface area contributed by atoms with Crippen LogP contribution in [0.25, 0.3) is 11.8 Å². The normalized spacial score (nSPS) is 11.1. The van der Waals surface area contributed by atoms with E-state index in [0.717, 1.165) is 16.1 Å². The summed E-state index contributed by atoms with van der Waals surface area (Å²) < 4.78 is 3.22. The van der Waals surface area contributed by atoms with Crippen LogP contribution < -0.4 is 26.4 Å². The Hall–Kier alpha value is -5.81. The van der Waals surface area contributed by atoms with Crippen molar-refractivity contribution in [1.82, 2.24) is 14.7 Å². The standard InChI is InChI=1S/C37H36N6O4S/c1-25-34(37(47)43(42(25)4)30-13-9-6-10-14-30)40-33(44)24-48-31-21-17-28(18-22-31)38-36(46)32(39-35(45)27-11-7-5-8-12-27)23-26-15-19-29(20-16-26)41(2)3/h5-23H,24H2,1-4H3,(H,38,46)(H,39,45)(H,40,44)/b32-23-. The Labute approximate surface area is 283 Å². The van der Waals surface area contributed by atoms with Crippen LogP contribution in [0.5, 0.6) is 0 Å². The Kier molecular flexibility index (Phi) is 10.6. The Morgan fingerprint density at radius 3 is 2.06 bits per heavy atom. The number of para-hydroxylation sites is 1. The van der Waals surface area contributed by atoms with Gasteiger partial charge in [-0.15, -0.1) is 11.8 Å². The summed E-state index contributed by atoms with van der Waals surface area (Å²) in [5, 5.41) is 8.37. The summed E-state index contributed by atoms with van der Waals surface area (Å²) >= 11 is 1.30. The smallest absolute Gasteiger partial charge is 0.295 e. The highest BCUT2D eigenvalue weighted by Gasteiger charge is 2.19. The summed E-state index contributed by atoms with van der Waals surface area (Å²) in [6, 6.07) is 32.5. The number of amides is 3. The summed E-state index contributed by atoms with van der Waals surface area (Å²) in [7, 11) is 5.66. The lowest BCUT2D eigenvalue weighted by Gasteiger charge is -2.13. The first-order chi connectivity index (χ1) is 23.1. The van der Waals surface area contributed by atoms with Crippen molar-refractivity contribution in [2.45, 2.75) is 11.8 Å². The number of rotatable bonds is 11. The molecular formula is C37H36N6O4S. The molecule has 0 aliphatic rings. The van der Waals surface area contributed by atoms with E-state index >= 15 is 0 Å². The fraction of sp³-hybridized carbons (Fsp3) is 0.135. The molecule has 0 fully saturated rings. The number of aromatic nitrogens is 2. The van der Waals surface area contributed by atoms with Crippen molar-refractivity contribution in [2.24, 2.45) is 7.05 Å². The average molecular weight is 661 g/mol. The minimum Gasteiger partial charge on any atom is -0.378 e. The van der Waals surface area contributed by atoms with Gasteiger partial charge in [0, 0.05) is 43.0 Å². The SMILES string of the molecule is Cc1c(NC(=O)CSc2ccc(NC(=O)/C(=C/c3ccc(N(C)C)cc3)NC(=O)c3ccccc3)cc2)c(=O)n(-c2ccccc2)n1C. The molecule has 5 rings (SSSR count). The zero-order chi connectivity index (χ0) is 34.2. The summed E-state index contributed by atoms with van der Waals surface area (Å²) in [6.07, 6.45) is 1.63. The number of hydrogen-bond acceptors (Lipinski definition) is 6. The maximum Gasteiger partial charge on any atom is 0.295 e. The molecule has 10 nitrogen and oxygen atoms in total. The Bertz CT molecular complexity index is 2000. The second kappa shape index (κ2) is 15.2. The predicted octanol–water partition coefficient (Wildman–Crippen LogP) is 5.69. The second-order valence-corrected chi connectivity index (χ2v) is 12.2. The molecule has 0 radical (unpaired) electrons. The topological polar surface area (TPSA) is 117 Å². The van der Waals surface area contributed by atoms with Crippen LogP contribution in [0.15, 0.2) is 125 Å². The van der Waals surface area contributed by atoms with Crippen LogP contribution in [0, 0.1) is 6.92 Å². The van der Waals surface area contributed by atoms with Crippen molar-refractivity contribution in [3.63, 3.8) is 0 Å². The van der Waals surface area contributed by atoms with Gasteiger partial charge in [-0.3, -0.25) is 23.9 Å². The van der Waals surface area contributed by atoms with Crippen LogP contribution in [0.1, 0.15) is 21.6 Å². The van der Waals surface area contributed by atoms with E-state index in [1.54, 1.807) is 73.3 Å². The van der Waals surface area contributed by atoms with Crippen LogP contribution in [0.3, 0.4) is 0 Å². The molecule has 244 valence electrons. The van der Waals surface area contributed by atoms with Crippen LogP contribution in [-0.2, 0) is 16.6 Å². The number of carbonyl (C=O) groups is 3. The van der Waals surface area contributed by atoms with Gasteiger partial charge in [-0.25, -0.2) is 4.68 Å². The first-order valence-electron chi connectivity index (χ1n) is 15.1. The molecule has 3 N–H and O–H groups in total. The number of nitrogens with one attached hydrogen (secondary N) is 3. The number of hydrogen-bond donors (Lipinski definition) is 3. The third kappa shape index (κ3) is 8.12. The summed E-state index contributed by atoms with van der Waals surface area (Å²) in [4.78, 5) is 55.1. The fourth-order valence-corrected chi connectivity index (χ4v) is 5.55. The van der Waals surface area contributed by atoms with Crippen LogP contribution in [0.4, 0.5) is 17.1 Å². The lowest BCUT2D eigenvalue weighted by atomic mass is 10.1. The van der Waals surface area contributed by atoms with Gasteiger partial charge in [0.05, 0.1) is 17.1 Å². The van der Waals surface area contributed by atoms with E-state index < -0.39 is 11.8 Å². The Morgan fingerprint density at radius 2 is 1.44 bits per heavy atom. The molecule has 0 unspecified atom stereocenters. The number of thioether (sulfide) groups is 1. The zero-order valence-electron chi connectivity index (χ0n) is 27.1. The summed E-state index contributed by atoms with van der Waals surface area (Å²) in [6.45, 7) is 1.78. The third-order valence-electron chi connectivity index (χ3n) is 7.55. The highest BCUT2D eigenvalue weighted by atomic mass is 32.2. The van der Waals surface area contributed by atoms with Crippen molar-refractivity contribution in [3.05, 3.63) is 142 Å². The van der Waals surface area contributed by atoms with Crippen LogP contribution >= 0.6 is 11.8 Å². The van der Waals surface area contributed by atoms with Crippen LogP contribution in [0.2, 0.25) is 0 Å². The number of nitrogens with zero attached hydrogens (tertiary/aromatic N) is 3. The minimum atomic E-state index is -0.491. The lowest BCUT2D eigenvalue weighted by molar-refractivity contribution is -0.114. The first kappa shape index (κ1) is 33.6. The van der Waals surface area contributed by atoms with Crippen molar-refractivity contribution in [3.8, 4) is 5.69 Å². The van der Waals surface area contributed by atoms with Crippen molar-refractivity contribution in [2.75, 3.05) is 35.4 Å². The molecule has 3 amide bonds. The van der Waals surface area contributed by atoms with Gasteiger partial charge in [-0.2, -0.15) is 0 Å². The van der Waals surface area contributed by atoms with Gasteiger partial charge in [-0.1, -0.05) is 48.5 Å². The molecule has 0 aliphatic carbocycles. The predicted molar refractivity (Wildman–Crippen MR) is 193 cm³/mol. The number of carbonyl (C=O) groups excluding carboxylic acids is 3. The van der Waals surface area contributed by atoms with Crippen molar-refractivity contribution < 1.29 is 14.4 Å². The van der Waals surface area contributed by atoms with Gasteiger partial charge in [0.25, 0.3) is 17.4 Å². The average Bonchev–Trinajstić information content (AvgIpc) is 3.31. The van der Waals surface area contributed by atoms with E-state index in [1.165, 1.54) is 16.4 Å². The van der Waals surface area contributed by atoms with Gasteiger partial charge < -0.3 is 20.9 Å². The molecule has 0 saturated heterocycles. The Morgan fingerprint density at radius 1 is 0.812 bits per heavy atom. The van der Waals surface area contributed by atoms with E-state index in [4.69, 9.17) is 0 Å². The molecule has 11 heteroatoms. The third-order valence-corrected chi connectivity index (χ3v) is 8.56. The minimum absolute atomic E-state index is 0.0792. The van der Waals surface area contributed by atoms with Gasteiger partial charge >= 0.3 is 0 Å². The van der Waals surface area contributed by atoms with Gasteiger partial charge in [0.2, 0.25) is 5.91 Å².